The molecular weight excluding hydrogens is 268 g/mol. The minimum Gasteiger partial charge on any atom is -0.497 e. The Morgan fingerprint density at radius 1 is 1.14 bits per heavy atom. The third-order valence-electron chi connectivity index (χ3n) is 3.44. The van der Waals surface area contributed by atoms with E-state index < -0.39 is 0 Å². The van der Waals surface area contributed by atoms with Gasteiger partial charge in [-0.2, -0.15) is 4.57 Å². The standard InChI is InChI=1S/C16H16N2O3/c1-20-14-5-2-12(3-6-14)11-21-15-7-4-13-8-17-16(19)10-18(13)9-15/h2-7,9H,8,10-11H2,1H3/p+1. The lowest BCUT2D eigenvalue weighted by Crippen LogP contribution is -2.51. The number of carbonyl (C=O) groups is 1. The van der Waals surface area contributed by atoms with Crippen LogP contribution in [0, 0.1) is 0 Å². The van der Waals surface area contributed by atoms with Crippen LogP contribution in [0.15, 0.2) is 42.6 Å². The van der Waals surface area contributed by atoms with Gasteiger partial charge in [-0.25, -0.2) is 0 Å². The van der Waals surface area contributed by atoms with E-state index in [0.717, 1.165) is 22.8 Å². The Morgan fingerprint density at radius 3 is 2.67 bits per heavy atom. The summed E-state index contributed by atoms with van der Waals surface area (Å²) in [5, 5.41) is 2.81. The molecule has 21 heavy (non-hydrogen) atoms. The molecule has 2 heterocycles. The van der Waals surface area contributed by atoms with Gasteiger partial charge in [0.05, 0.1) is 7.11 Å². The molecule has 0 fully saturated rings. The number of fused-ring (bicyclic) bond motifs is 1. The lowest BCUT2D eigenvalue weighted by Gasteiger charge is -2.12. The second kappa shape index (κ2) is 5.83. The van der Waals surface area contributed by atoms with Gasteiger partial charge < -0.3 is 14.8 Å². The van der Waals surface area contributed by atoms with Crippen LogP contribution in [-0.4, -0.2) is 13.0 Å². The molecule has 0 bridgehead atoms. The van der Waals surface area contributed by atoms with Crippen LogP contribution >= 0.6 is 0 Å². The molecule has 5 heteroatoms. The van der Waals surface area contributed by atoms with Gasteiger partial charge in [0, 0.05) is 6.07 Å². The number of ether oxygens (including phenoxy) is 2. The molecular formula is C16H17N2O3+. The predicted molar refractivity (Wildman–Crippen MR) is 75.8 cm³/mol. The van der Waals surface area contributed by atoms with Gasteiger partial charge in [0.15, 0.2) is 5.75 Å². The lowest BCUT2D eigenvalue weighted by molar-refractivity contribution is -0.695. The SMILES string of the molecule is COc1ccc(COc2ccc3[n+](c2)CC(=O)NC3)cc1. The second-order valence-electron chi connectivity index (χ2n) is 4.90. The minimum absolute atomic E-state index is 0.0276. The molecule has 1 aliphatic heterocycles. The number of pyridine rings is 1. The van der Waals surface area contributed by atoms with Crippen LogP contribution in [0.2, 0.25) is 0 Å². The third kappa shape index (κ3) is 3.13. The Bertz CT molecular complexity index is 653. The first-order valence-electron chi connectivity index (χ1n) is 6.79. The van der Waals surface area contributed by atoms with Crippen LogP contribution < -0.4 is 19.4 Å². The van der Waals surface area contributed by atoms with Crippen LogP contribution in [0.5, 0.6) is 11.5 Å². The summed E-state index contributed by atoms with van der Waals surface area (Å²) in [7, 11) is 1.64. The van der Waals surface area contributed by atoms with Crippen molar-refractivity contribution >= 4 is 5.91 Å². The van der Waals surface area contributed by atoms with Gasteiger partial charge in [-0.1, -0.05) is 12.1 Å². The van der Waals surface area contributed by atoms with Gasteiger partial charge in [-0.3, -0.25) is 4.79 Å². The average molecular weight is 285 g/mol. The largest absolute Gasteiger partial charge is 0.497 e. The topological polar surface area (TPSA) is 51.4 Å². The molecule has 0 saturated carbocycles. The first-order valence-corrected chi connectivity index (χ1v) is 6.79. The number of rotatable bonds is 4. The molecule has 1 aromatic heterocycles. The predicted octanol–water partition coefficient (Wildman–Crippen LogP) is 1.19. The summed E-state index contributed by atoms with van der Waals surface area (Å²) in [5.41, 5.74) is 2.14. The van der Waals surface area contributed by atoms with E-state index in [1.54, 1.807) is 7.11 Å². The normalized spacial score (nSPS) is 13.3. The van der Waals surface area contributed by atoms with E-state index in [-0.39, 0.29) is 5.91 Å². The summed E-state index contributed by atoms with van der Waals surface area (Å²) >= 11 is 0. The van der Waals surface area contributed by atoms with Gasteiger partial charge in [0.1, 0.15) is 18.9 Å². The van der Waals surface area contributed by atoms with Crippen LogP contribution in [0.4, 0.5) is 0 Å². The van der Waals surface area contributed by atoms with E-state index in [9.17, 15) is 4.79 Å². The molecule has 3 rings (SSSR count). The number of nitrogens with zero attached hydrogens (tertiary/aromatic N) is 1. The highest BCUT2D eigenvalue weighted by atomic mass is 16.5. The summed E-state index contributed by atoms with van der Waals surface area (Å²) in [6, 6.07) is 11.7. The number of nitrogens with one attached hydrogen (secondary N) is 1. The highest BCUT2D eigenvalue weighted by Crippen LogP contribution is 2.15. The fourth-order valence-electron chi connectivity index (χ4n) is 2.23. The molecule has 1 amide bonds. The van der Waals surface area contributed by atoms with Gasteiger partial charge in [-0.15, -0.1) is 0 Å². The lowest BCUT2D eigenvalue weighted by atomic mass is 10.2. The number of hydrogen-bond acceptors (Lipinski definition) is 3. The number of benzene rings is 1. The van der Waals surface area contributed by atoms with Crippen molar-refractivity contribution in [1.29, 1.82) is 0 Å². The molecule has 1 N–H and O–H groups in total. The van der Waals surface area contributed by atoms with E-state index in [0.29, 0.717) is 19.7 Å². The fraction of sp³-hybridized carbons (Fsp3) is 0.250. The summed E-state index contributed by atoms with van der Waals surface area (Å²) in [6.45, 7) is 1.39. The quantitative estimate of drug-likeness (QED) is 0.859. The zero-order chi connectivity index (χ0) is 14.7. The number of hydrogen-bond donors (Lipinski definition) is 1. The summed E-state index contributed by atoms with van der Waals surface area (Å²) in [5.74, 6) is 1.61. The van der Waals surface area contributed by atoms with Gasteiger partial charge >= 0.3 is 0 Å². The molecule has 0 aliphatic carbocycles. The average Bonchev–Trinajstić information content (AvgIpc) is 2.53. The second-order valence-corrected chi connectivity index (χ2v) is 4.90. The third-order valence-corrected chi connectivity index (χ3v) is 3.44. The van der Waals surface area contributed by atoms with Crippen molar-refractivity contribution in [3.8, 4) is 11.5 Å². The van der Waals surface area contributed by atoms with Crippen molar-refractivity contribution in [1.82, 2.24) is 5.32 Å². The Labute approximate surface area is 123 Å². The smallest absolute Gasteiger partial charge is 0.286 e. The summed E-state index contributed by atoms with van der Waals surface area (Å²) < 4.78 is 12.8. The molecule has 0 unspecified atom stereocenters. The van der Waals surface area contributed by atoms with Crippen LogP contribution in [0.25, 0.3) is 0 Å². The molecule has 2 aromatic rings. The summed E-state index contributed by atoms with van der Waals surface area (Å²) in [4.78, 5) is 11.4. The van der Waals surface area contributed by atoms with Gasteiger partial charge in [0.2, 0.25) is 18.4 Å². The van der Waals surface area contributed by atoms with E-state index in [1.807, 2.05) is 47.2 Å². The maximum absolute atomic E-state index is 11.4. The maximum atomic E-state index is 11.4. The van der Waals surface area contributed by atoms with Crippen LogP contribution in [0.3, 0.4) is 0 Å². The first kappa shape index (κ1) is 13.4. The molecule has 1 aromatic carbocycles. The van der Waals surface area contributed by atoms with Crippen molar-refractivity contribution in [2.24, 2.45) is 0 Å². The van der Waals surface area contributed by atoms with E-state index in [1.165, 1.54) is 0 Å². The minimum atomic E-state index is 0.0276. The fourth-order valence-corrected chi connectivity index (χ4v) is 2.23. The number of methoxy groups -OCH3 is 1. The zero-order valence-electron chi connectivity index (χ0n) is 11.8. The Hall–Kier alpha value is -2.56. The van der Waals surface area contributed by atoms with Crippen LogP contribution in [0.1, 0.15) is 11.3 Å². The molecule has 5 nitrogen and oxygen atoms in total. The maximum Gasteiger partial charge on any atom is 0.286 e. The molecule has 0 saturated heterocycles. The van der Waals surface area contributed by atoms with E-state index in [2.05, 4.69) is 5.32 Å². The molecule has 0 atom stereocenters. The number of amides is 1. The van der Waals surface area contributed by atoms with Crippen molar-refractivity contribution < 1.29 is 18.8 Å². The van der Waals surface area contributed by atoms with Crippen molar-refractivity contribution in [3.05, 3.63) is 53.9 Å². The Morgan fingerprint density at radius 2 is 1.90 bits per heavy atom. The number of carbonyl (C=O) groups excluding carboxylic acids is 1. The molecule has 108 valence electrons. The van der Waals surface area contributed by atoms with Crippen molar-refractivity contribution in [2.75, 3.05) is 7.11 Å². The van der Waals surface area contributed by atoms with E-state index in [4.69, 9.17) is 9.47 Å². The van der Waals surface area contributed by atoms with Gasteiger partial charge in [-0.05, 0) is 23.8 Å². The highest BCUT2D eigenvalue weighted by Gasteiger charge is 2.22. The number of aromatic nitrogens is 1. The Kier molecular flexibility index (Phi) is 3.73. The van der Waals surface area contributed by atoms with Crippen molar-refractivity contribution in [2.45, 2.75) is 19.7 Å². The monoisotopic (exact) mass is 285 g/mol. The first-order chi connectivity index (χ1) is 10.2. The summed E-state index contributed by atoms with van der Waals surface area (Å²) in [6.07, 6.45) is 1.87. The van der Waals surface area contributed by atoms with Gasteiger partial charge in [0.25, 0.3) is 5.91 Å². The molecule has 0 radical (unpaired) electrons. The molecule has 0 spiro atoms. The van der Waals surface area contributed by atoms with Crippen molar-refractivity contribution in [3.63, 3.8) is 0 Å². The zero-order valence-corrected chi connectivity index (χ0v) is 11.8. The Balaban J connectivity index is 1.67. The molecule has 1 aliphatic rings. The van der Waals surface area contributed by atoms with Crippen LogP contribution in [-0.2, 0) is 24.5 Å². The van der Waals surface area contributed by atoms with E-state index >= 15 is 0 Å². The highest BCUT2D eigenvalue weighted by molar-refractivity contribution is 5.74.